The molecular formula is C18H25BN2O4. The maximum absolute atomic E-state index is 6.11. The SMILES string of the molecule is COc1ccc(Cn2cc(B3OC(C)(C)C(C)(C)O3)c(OC)n2)cc1. The van der Waals surface area contributed by atoms with Crippen LogP contribution in [0.2, 0.25) is 0 Å². The summed E-state index contributed by atoms with van der Waals surface area (Å²) in [6.07, 6.45) is 1.92. The second-order valence-electron chi connectivity index (χ2n) is 7.23. The summed E-state index contributed by atoms with van der Waals surface area (Å²) in [5, 5.41) is 4.51. The summed E-state index contributed by atoms with van der Waals surface area (Å²) in [7, 11) is 2.77. The van der Waals surface area contributed by atoms with Gasteiger partial charge in [-0.1, -0.05) is 12.1 Å². The summed E-state index contributed by atoms with van der Waals surface area (Å²) in [5.41, 5.74) is 1.11. The Morgan fingerprint density at radius 3 is 2.12 bits per heavy atom. The lowest BCUT2D eigenvalue weighted by atomic mass is 9.81. The topological polar surface area (TPSA) is 54.7 Å². The molecule has 1 aliphatic rings. The van der Waals surface area contributed by atoms with Gasteiger partial charge in [0.15, 0.2) is 0 Å². The number of hydrogen-bond acceptors (Lipinski definition) is 5. The fourth-order valence-electron chi connectivity index (χ4n) is 2.71. The molecular weight excluding hydrogens is 319 g/mol. The normalized spacial score (nSPS) is 18.4. The zero-order chi connectivity index (χ0) is 18.2. The van der Waals surface area contributed by atoms with Crippen molar-refractivity contribution in [1.82, 2.24) is 9.78 Å². The highest BCUT2D eigenvalue weighted by Gasteiger charge is 2.53. The van der Waals surface area contributed by atoms with Crippen molar-refractivity contribution >= 4 is 12.6 Å². The van der Waals surface area contributed by atoms with Crippen molar-refractivity contribution in [2.75, 3.05) is 14.2 Å². The zero-order valence-electron chi connectivity index (χ0n) is 15.7. The Morgan fingerprint density at radius 2 is 1.60 bits per heavy atom. The Bertz CT molecular complexity index is 724. The smallest absolute Gasteiger partial charge is 0.497 e. The van der Waals surface area contributed by atoms with E-state index in [1.54, 1.807) is 14.2 Å². The minimum atomic E-state index is -0.496. The molecule has 0 aliphatic carbocycles. The Hall–Kier alpha value is -1.99. The highest BCUT2D eigenvalue weighted by Crippen LogP contribution is 2.37. The quantitative estimate of drug-likeness (QED) is 0.779. The van der Waals surface area contributed by atoms with Crippen LogP contribution in [0.4, 0.5) is 0 Å². The van der Waals surface area contributed by atoms with Gasteiger partial charge in [0.25, 0.3) is 0 Å². The van der Waals surface area contributed by atoms with Gasteiger partial charge in [0.05, 0.1) is 37.4 Å². The first-order chi connectivity index (χ1) is 11.8. The molecule has 0 amide bonds. The summed E-state index contributed by atoms with van der Waals surface area (Å²) >= 11 is 0. The van der Waals surface area contributed by atoms with Gasteiger partial charge in [-0.05, 0) is 45.4 Å². The predicted molar refractivity (Wildman–Crippen MR) is 96.6 cm³/mol. The number of nitrogens with zero attached hydrogens (tertiary/aromatic N) is 2. The number of aromatic nitrogens is 2. The lowest BCUT2D eigenvalue weighted by molar-refractivity contribution is 0.00578. The van der Waals surface area contributed by atoms with Crippen molar-refractivity contribution < 1.29 is 18.8 Å². The molecule has 0 bridgehead atoms. The first-order valence-electron chi connectivity index (χ1n) is 8.35. The maximum atomic E-state index is 6.11. The highest BCUT2D eigenvalue weighted by atomic mass is 16.7. The number of hydrogen-bond donors (Lipinski definition) is 0. The van der Waals surface area contributed by atoms with Crippen LogP contribution in [-0.4, -0.2) is 42.3 Å². The molecule has 2 aromatic rings. The Balaban J connectivity index is 1.82. The molecule has 1 saturated heterocycles. The standard InChI is InChI=1S/C18H25BN2O4/c1-17(2)18(3,4)25-19(24-17)15-12-21(20-16(15)23-6)11-13-7-9-14(22-5)10-8-13/h7-10,12H,11H2,1-6H3. The fourth-order valence-corrected chi connectivity index (χ4v) is 2.71. The summed E-state index contributed by atoms with van der Waals surface area (Å²) in [4.78, 5) is 0. The van der Waals surface area contributed by atoms with Crippen molar-refractivity contribution in [3.63, 3.8) is 0 Å². The minimum absolute atomic E-state index is 0.402. The summed E-state index contributed by atoms with van der Waals surface area (Å²) in [6, 6.07) is 7.90. The molecule has 2 heterocycles. The van der Waals surface area contributed by atoms with Crippen LogP contribution in [0.5, 0.6) is 11.6 Å². The molecule has 1 aliphatic heterocycles. The van der Waals surface area contributed by atoms with E-state index in [0.29, 0.717) is 12.4 Å². The molecule has 7 heteroatoms. The van der Waals surface area contributed by atoms with E-state index in [1.807, 2.05) is 62.8 Å². The maximum Gasteiger partial charge on any atom is 0.502 e. The third-order valence-corrected chi connectivity index (χ3v) is 4.96. The van der Waals surface area contributed by atoms with E-state index in [1.165, 1.54) is 0 Å². The molecule has 0 N–H and O–H groups in total. The van der Waals surface area contributed by atoms with E-state index < -0.39 is 18.3 Å². The van der Waals surface area contributed by atoms with Crippen LogP contribution in [0, 0.1) is 0 Å². The first-order valence-corrected chi connectivity index (χ1v) is 8.35. The van der Waals surface area contributed by atoms with Crippen LogP contribution in [0.1, 0.15) is 33.3 Å². The molecule has 6 nitrogen and oxygen atoms in total. The van der Waals surface area contributed by atoms with Gasteiger partial charge >= 0.3 is 7.12 Å². The average Bonchev–Trinajstić information content (AvgIpc) is 3.06. The molecule has 0 radical (unpaired) electrons. The van der Waals surface area contributed by atoms with E-state index >= 15 is 0 Å². The zero-order valence-corrected chi connectivity index (χ0v) is 15.7. The molecule has 0 spiro atoms. The second-order valence-corrected chi connectivity index (χ2v) is 7.23. The molecule has 0 saturated carbocycles. The number of ether oxygens (including phenoxy) is 2. The van der Waals surface area contributed by atoms with Gasteiger partial charge in [0.2, 0.25) is 5.88 Å². The molecule has 0 atom stereocenters. The molecule has 134 valence electrons. The lowest BCUT2D eigenvalue weighted by Gasteiger charge is -2.32. The van der Waals surface area contributed by atoms with Gasteiger partial charge in [-0.3, -0.25) is 4.68 Å². The molecule has 3 rings (SSSR count). The molecule has 1 fully saturated rings. The molecule has 0 unspecified atom stereocenters. The van der Waals surface area contributed by atoms with Gasteiger partial charge in [0.1, 0.15) is 5.75 Å². The van der Waals surface area contributed by atoms with Crippen LogP contribution in [0.3, 0.4) is 0 Å². The minimum Gasteiger partial charge on any atom is -0.497 e. The Kier molecular flexibility index (Phi) is 4.55. The Labute approximate surface area is 149 Å². The monoisotopic (exact) mass is 344 g/mol. The van der Waals surface area contributed by atoms with Crippen molar-refractivity contribution in [3.8, 4) is 11.6 Å². The summed E-state index contributed by atoms with van der Waals surface area (Å²) < 4.78 is 24.7. The van der Waals surface area contributed by atoms with Gasteiger partial charge in [-0.15, -0.1) is 5.10 Å². The first kappa shape index (κ1) is 17.8. The van der Waals surface area contributed by atoms with Crippen LogP contribution in [0.25, 0.3) is 0 Å². The van der Waals surface area contributed by atoms with Crippen LogP contribution in [0.15, 0.2) is 30.5 Å². The fraction of sp³-hybridized carbons (Fsp3) is 0.500. The van der Waals surface area contributed by atoms with E-state index in [2.05, 4.69) is 5.10 Å². The third kappa shape index (κ3) is 3.39. The van der Waals surface area contributed by atoms with Gasteiger partial charge < -0.3 is 18.8 Å². The van der Waals surface area contributed by atoms with Crippen molar-refractivity contribution in [3.05, 3.63) is 36.0 Å². The van der Waals surface area contributed by atoms with Crippen molar-refractivity contribution in [2.45, 2.75) is 45.4 Å². The van der Waals surface area contributed by atoms with Gasteiger partial charge in [0, 0.05) is 6.20 Å². The number of benzene rings is 1. The largest absolute Gasteiger partial charge is 0.502 e. The summed E-state index contributed by atoms with van der Waals surface area (Å²) in [5.74, 6) is 1.35. The van der Waals surface area contributed by atoms with E-state index in [-0.39, 0.29) is 0 Å². The van der Waals surface area contributed by atoms with Crippen LogP contribution < -0.4 is 14.9 Å². The number of rotatable bonds is 5. The third-order valence-electron chi connectivity index (χ3n) is 4.96. The second kappa shape index (κ2) is 6.39. The van der Waals surface area contributed by atoms with E-state index in [4.69, 9.17) is 18.8 Å². The summed E-state index contributed by atoms with van der Waals surface area (Å²) in [6.45, 7) is 8.74. The van der Waals surface area contributed by atoms with Crippen molar-refractivity contribution in [2.24, 2.45) is 0 Å². The predicted octanol–water partition coefficient (Wildman–Crippen LogP) is 2.25. The molecule has 1 aromatic heterocycles. The van der Waals surface area contributed by atoms with E-state index in [0.717, 1.165) is 16.8 Å². The average molecular weight is 344 g/mol. The van der Waals surface area contributed by atoms with Gasteiger partial charge in [-0.25, -0.2) is 0 Å². The lowest BCUT2D eigenvalue weighted by Crippen LogP contribution is -2.41. The molecule has 1 aromatic carbocycles. The number of methoxy groups -OCH3 is 2. The van der Waals surface area contributed by atoms with Crippen LogP contribution >= 0.6 is 0 Å². The molecule has 25 heavy (non-hydrogen) atoms. The van der Waals surface area contributed by atoms with Crippen LogP contribution in [-0.2, 0) is 15.9 Å². The van der Waals surface area contributed by atoms with Crippen molar-refractivity contribution in [1.29, 1.82) is 0 Å². The van der Waals surface area contributed by atoms with E-state index in [9.17, 15) is 0 Å². The highest BCUT2D eigenvalue weighted by molar-refractivity contribution is 6.63. The van der Waals surface area contributed by atoms with Gasteiger partial charge in [-0.2, -0.15) is 0 Å². The Morgan fingerprint density at radius 1 is 1.00 bits per heavy atom.